The number of amides is 1. The van der Waals surface area contributed by atoms with Crippen LogP contribution in [-0.2, 0) is 4.74 Å². The van der Waals surface area contributed by atoms with Crippen LogP contribution in [0.15, 0.2) is 18.2 Å². The lowest BCUT2D eigenvalue weighted by molar-refractivity contribution is -0.384. The molecule has 0 atom stereocenters. The van der Waals surface area contributed by atoms with Crippen LogP contribution in [0.3, 0.4) is 0 Å². The molecule has 1 amide bonds. The first kappa shape index (κ1) is 16.9. The molecule has 0 heterocycles. The molecular formula is C14H21N3O4. The second kappa shape index (κ2) is 8.21. The zero-order chi connectivity index (χ0) is 15.8. The number of rotatable bonds is 8. The molecule has 21 heavy (non-hydrogen) atoms. The Morgan fingerprint density at radius 3 is 2.76 bits per heavy atom. The van der Waals surface area contributed by atoms with E-state index in [-0.39, 0.29) is 17.3 Å². The van der Waals surface area contributed by atoms with Gasteiger partial charge in [0, 0.05) is 39.9 Å². The number of benzene rings is 1. The minimum absolute atomic E-state index is 0.0898. The predicted molar refractivity (Wildman–Crippen MR) is 80.7 cm³/mol. The third-order valence-electron chi connectivity index (χ3n) is 3.01. The zero-order valence-electron chi connectivity index (χ0n) is 12.6. The van der Waals surface area contributed by atoms with E-state index in [1.807, 2.05) is 6.92 Å². The molecular weight excluding hydrogens is 274 g/mol. The average Bonchev–Trinajstić information content (AvgIpc) is 2.47. The summed E-state index contributed by atoms with van der Waals surface area (Å²) in [6, 6.07) is 4.51. The number of methoxy groups -OCH3 is 1. The number of nitrogens with zero attached hydrogens (tertiary/aromatic N) is 2. The summed E-state index contributed by atoms with van der Waals surface area (Å²) in [4.78, 5) is 24.6. The van der Waals surface area contributed by atoms with Gasteiger partial charge in [0.1, 0.15) is 5.69 Å². The maximum absolute atomic E-state index is 12.4. The molecule has 0 fully saturated rings. The standard InChI is InChI=1S/C14H21N3O4/c1-4-15-13-11(7-5-8-12(13)17(19)20)14(18)16(2)9-6-10-21-3/h5,7-8,15H,4,6,9-10H2,1-3H3. The molecule has 0 aliphatic rings. The molecule has 1 rings (SSSR count). The van der Waals surface area contributed by atoms with Crippen LogP contribution in [0, 0.1) is 10.1 Å². The fourth-order valence-corrected chi connectivity index (χ4v) is 1.99. The highest BCUT2D eigenvalue weighted by Gasteiger charge is 2.22. The predicted octanol–water partition coefficient (Wildman–Crippen LogP) is 2.14. The Bertz CT molecular complexity index is 505. The molecule has 7 heteroatoms. The lowest BCUT2D eigenvalue weighted by atomic mass is 10.1. The number of para-hydroxylation sites is 1. The van der Waals surface area contributed by atoms with Crippen LogP contribution in [0.4, 0.5) is 11.4 Å². The van der Waals surface area contributed by atoms with Gasteiger partial charge in [-0.15, -0.1) is 0 Å². The summed E-state index contributed by atoms with van der Waals surface area (Å²) in [6.07, 6.45) is 0.713. The Hall–Kier alpha value is -2.15. The van der Waals surface area contributed by atoms with Gasteiger partial charge in [0.05, 0.1) is 10.5 Å². The first-order valence-electron chi connectivity index (χ1n) is 6.78. The molecule has 0 aliphatic heterocycles. The maximum Gasteiger partial charge on any atom is 0.293 e. The highest BCUT2D eigenvalue weighted by atomic mass is 16.6. The van der Waals surface area contributed by atoms with Gasteiger partial charge in [-0.05, 0) is 19.4 Å². The fourth-order valence-electron chi connectivity index (χ4n) is 1.99. The van der Waals surface area contributed by atoms with E-state index in [1.54, 1.807) is 25.1 Å². The number of hydrogen-bond acceptors (Lipinski definition) is 5. The number of hydrogen-bond donors (Lipinski definition) is 1. The Kier molecular flexibility index (Phi) is 6.61. The van der Waals surface area contributed by atoms with Gasteiger partial charge in [0.25, 0.3) is 11.6 Å². The molecule has 1 aromatic rings. The minimum Gasteiger partial charge on any atom is -0.385 e. The van der Waals surface area contributed by atoms with Crippen molar-refractivity contribution in [2.45, 2.75) is 13.3 Å². The molecule has 0 spiro atoms. The van der Waals surface area contributed by atoms with Gasteiger partial charge in [-0.25, -0.2) is 0 Å². The first-order chi connectivity index (χ1) is 10.0. The first-order valence-corrected chi connectivity index (χ1v) is 6.78. The molecule has 1 N–H and O–H groups in total. The number of nitro groups is 1. The van der Waals surface area contributed by atoms with Crippen molar-refractivity contribution in [2.75, 3.05) is 39.2 Å². The normalized spacial score (nSPS) is 10.2. The molecule has 0 unspecified atom stereocenters. The van der Waals surface area contributed by atoms with Crippen molar-refractivity contribution in [3.05, 3.63) is 33.9 Å². The Morgan fingerprint density at radius 1 is 1.48 bits per heavy atom. The van der Waals surface area contributed by atoms with Crippen LogP contribution >= 0.6 is 0 Å². The van der Waals surface area contributed by atoms with Crippen LogP contribution in [0.2, 0.25) is 0 Å². The molecule has 0 saturated heterocycles. The van der Waals surface area contributed by atoms with Crippen molar-refractivity contribution < 1.29 is 14.5 Å². The van der Waals surface area contributed by atoms with Gasteiger partial charge in [0.15, 0.2) is 0 Å². The maximum atomic E-state index is 12.4. The summed E-state index contributed by atoms with van der Waals surface area (Å²) in [6.45, 7) is 3.42. The summed E-state index contributed by atoms with van der Waals surface area (Å²) in [5, 5.41) is 14.0. The SMILES string of the molecule is CCNc1c(C(=O)N(C)CCCOC)cccc1[N+](=O)[O-]. The van der Waals surface area contributed by atoms with Gasteiger partial charge < -0.3 is 15.0 Å². The number of carbonyl (C=O) groups excluding carboxylic acids is 1. The lowest BCUT2D eigenvalue weighted by Gasteiger charge is -2.19. The van der Waals surface area contributed by atoms with E-state index in [4.69, 9.17) is 4.74 Å². The van der Waals surface area contributed by atoms with Gasteiger partial charge in [0.2, 0.25) is 0 Å². The Morgan fingerprint density at radius 2 is 2.19 bits per heavy atom. The van der Waals surface area contributed by atoms with E-state index >= 15 is 0 Å². The highest BCUT2D eigenvalue weighted by molar-refractivity contribution is 6.01. The van der Waals surface area contributed by atoms with E-state index in [9.17, 15) is 14.9 Å². The number of nitrogens with one attached hydrogen (secondary N) is 1. The summed E-state index contributed by atoms with van der Waals surface area (Å²) in [5.74, 6) is -0.245. The molecule has 0 aromatic heterocycles. The largest absolute Gasteiger partial charge is 0.385 e. The zero-order valence-corrected chi connectivity index (χ0v) is 12.6. The molecule has 0 aliphatic carbocycles. The quantitative estimate of drug-likeness (QED) is 0.451. The number of ether oxygens (including phenoxy) is 1. The van der Waals surface area contributed by atoms with E-state index < -0.39 is 4.92 Å². The molecule has 0 bridgehead atoms. The van der Waals surface area contributed by atoms with Crippen LogP contribution in [0.25, 0.3) is 0 Å². The summed E-state index contributed by atoms with van der Waals surface area (Å²) >= 11 is 0. The fraction of sp³-hybridized carbons (Fsp3) is 0.500. The van der Waals surface area contributed by atoms with E-state index in [1.165, 1.54) is 12.1 Å². The summed E-state index contributed by atoms with van der Waals surface area (Å²) in [5.41, 5.74) is 0.493. The van der Waals surface area contributed by atoms with E-state index in [0.717, 1.165) is 0 Å². The minimum atomic E-state index is -0.486. The Labute approximate surface area is 124 Å². The molecule has 7 nitrogen and oxygen atoms in total. The van der Waals surface area contributed by atoms with E-state index in [2.05, 4.69) is 5.32 Å². The third kappa shape index (κ3) is 4.42. The van der Waals surface area contributed by atoms with Crippen LogP contribution < -0.4 is 5.32 Å². The van der Waals surface area contributed by atoms with Crippen molar-refractivity contribution in [3.63, 3.8) is 0 Å². The van der Waals surface area contributed by atoms with Crippen molar-refractivity contribution in [3.8, 4) is 0 Å². The van der Waals surface area contributed by atoms with Gasteiger partial charge in [-0.3, -0.25) is 14.9 Å². The number of anilines is 1. The Balaban J connectivity index is 3.02. The summed E-state index contributed by atoms with van der Waals surface area (Å²) in [7, 11) is 3.28. The molecule has 116 valence electrons. The van der Waals surface area contributed by atoms with Crippen LogP contribution in [-0.4, -0.2) is 49.6 Å². The number of carbonyl (C=O) groups is 1. The van der Waals surface area contributed by atoms with Gasteiger partial charge in [-0.1, -0.05) is 6.07 Å². The highest BCUT2D eigenvalue weighted by Crippen LogP contribution is 2.29. The van der Waals surface area contributed by atoms with E-state index in [0.29, 0.717) is 31.7 Å². The third-order valence-corrected chi connectivity index (χ3v) is 3.01. The lowest BCUT2D eigenvalue weighted by Crippen LogP contribution is -2.29. The topological polar surface area (TPSA) is 84.7 Å². The molecule has 0 radical (unpaired) electrons. The van der Waals surface area contributed by atoms with Crippen LogP contribution in [0.1, 0.15) is 23.7 Å². The van der Waals surface area contributed by atoms with Gasteiger partial charge >= 0.3 is 0 Å². The van der Waals surface area contributed by atoms with Gasteiger partial charge in [-0.2, -0.15) is 0 Å². The molecule has 0 saturated carbocycles. The van der Waals surface area contributed by atoms with Crippen molar-refractivity contribution in [1.29, 1.82) is 0 Å². The molecule has 1 aromatic carbocycles. The summed E-state index contributed by atoms with van der Waals surface area (Å²) < 4.78 is 4.95. The van der Waals surface area contributed by atoms with Crippen LogP contribution in [0.5, 0.6) is 0 Å². The van der Waals surface area contributed by atoms with Crippen molar-refractivity contribution in [2.24, 2.45) is 0 Å². The number of nitro benzene ring substituents is 1. The monoisotopic (exact) mass is 295 g/mol. The van der Waals surface area contributed by atoms with Crippen molar-refractivity contribution in [1.82, 2.24) is 4.90 Å². The second-order valence-electron chi connectivity index (χ2n) is 4.56. The smallest absolute Gasteiger partial charge is 0.293 e. The van der Waals surface area contributed by atoms with Crippen molar-refractivity contribution >= 4 is 17.3 Å². The second-order valence-corrected chi connectivity index (χ2v) is 4.56. The average molecular weight is 295 g/mol.